The van der Waals surface area contributed by atoms with Crippen LogP contribution in [0.25, 0.3) is 0 Å². The van der Waals surface area contributed by atoms with Crippen LogP contribution in [0.5, 0.6) is 5.75 Å². The van der Waals surface area contributed by atoms with Gasteiger partial charge in [0, 0.05) is 10.6 Å². The van der Waals surface area contributed by atoms with E-state index in [2.05, 4.69) is 30.3 Å². The number of rotatable bonds is 9. The summed E-state index contributed by atoms with van der Waals surface area (Å²) in [7, 11) is 0. The molecular formula is C20H25ClO. The van der Waals surface area contributed by atoms with Gasteiger partial charge in [0.25, 0.3) is 0 Å². The third-order valence-corrected chi connectivity index (χ3v) is 4.43. The Balaban J connectivity index is 1.53. The average molecular weight is 317 g/mol. The molecule has 0 unspecified atom stereocenters. The highest BCUT2D eigenvalue weighted by Gasteiger charge is 2.05. The number of halogens is 1. The van der Waals surface area contributed by atoms with E-state index in [-0.39, 0.29) is 0 Å². The summed E-state index contributed by atoms with van der Waals surface area (Å²) in [6.07, 6.45) is 9.48. The van der Waals surface area contributed by atoms with E-state index in [0.717, 1.165) is 18.4 Å². The fraction of sp³-hybridized carbons (Fsp3) is 0.400. The van der Waals surface area contributed by atoms with E-state index in [1.165, 1.54) is 44.1 Å². The molecule has 0 aliphatic heterocycles. The molecule has 0 aromatic heterocycles. The third-order valence-electron chi connectivity index (χ3n) is 4.08. The maximum atomic E-state index is 9.79. The van der Waals surface area contributed by atoms with Crippen molar-refractivity contribution in [3.63, 3.8) is 0 Å². The Bertz CT molecular complexity index is 531. The molecule has 118 valence electrons. The Morgan fingerprint density at radius 2 is 1.32 bits per heavy atom. The molecule has 22 heavy (non-hydrogen) atoms. The van der Waals surface area contributed by atoms with Gasteiger partial charge in [-0.2, -0.15) is 0 Å². The lowest BCUT2D eigenvalue weighted by Gasteiger charge is -2.07. The van der Waals surface area contributed by atoms with Gasteiger partial charge in [-0.3, -0.25) is 0 Å². The fourth-order valence-electron chi connectivity index (χ4n) is 2.78. The smallest absolute Gasteiger partial charge is 0.120 e. The first-order chi connectivity index (χ1) is 10.8. The highest BCUT2D eigenvalue weighted by atomic mass is 35.5. The van der Waals surface area contributed by atoms with Crippen molar-refractivity contribution in [2.24, 2.45) is 0 Å². The van der Waals surface area contributed by atoms with E-state index in [1.54, 1.807) is 12.1 Å². The second-order valence-corrected chi connectivity index (χ2v) is 6.25. The van der Waals surface area contributed by atoms with Crippen LogP contribution in [0.15, 0.2) is 48.5 Å². The van der Waals surface area contributed by atoms with Crippen molar-refractivity contribution in [2.75, 3.05) is 0 Å². The van der Waals surface area contributed by atoms with Crippen molar-refractivity contribution in [3.8, 4) is 5.75 Å². The maximum absolute atomic E-state index is 9.79. The minimum Gasteiger partial charge on any atom is -0.508 e. The molecule has 0 aliphatic rings. The zero-order valence-corrected chi connectivity index (χ0v) is 13.9. The van der Waals surface area contributed by atoms with Crippen LogP contribution in [0.3, 0.4) is 0 Å². The molecule has 2 heteroatoms. The molecular weight excluding hydrogens is 292 g/mol. The summed E-state index contributed by atoms with van der Waals surface area (Å²) in [5.41, 5.74) is 2.34. The first-order valence-corrected chi connectivity index (χ1v) is 8.65. The largest absolute Gasteiger partial charge is 0.508 e. The van der Waals surface area contributed by atoms with Gasteiger partial charge >= 0.3 is 0 Å². The molecule has 0 atom stereocenters. The van der Waals surface area contributed by atoms with Crippen molar-refractivity contribution >= 4 is 11.6 Å². The van der Waals surface area contributed by atoms with Crippen molar-refractivity contribution < 1.29 is 5.11 Å². The zero-order valence-electron chi connectivity index (χ0n) is 13.1. The summed E-state index contributed by atoms with van der Waals surface area (Å²) in [4.78, 5) is 0. The Kier molecular flexibility index (Phi) is 7.32. The van der Waals surface area contributed by atoms with Crippen LogP contribution in [0.1, 0.15) is 49.7 Å². The number of benzene rings is 2. The number of phenolic OH excluding ortho intramolecular Hbond substituents is 1. The molecule has 0 saturated heterocycles. The van der Waals surface area contributed by atoms with Gasteiger partial charge in [0.1, 0.15) is 5.75 Å². The average Bonchev–Trinajstić information content (AvgIpc) is 2.53. The summed E-state index contributed by atoms with van der Waals surface area (Å²) in [5, 5.41) is 10.5. The van der Waals surface area contributed by atoms with Gasteiger partial charge in [-0.1, -0.05) is 73.7 Å². The van der Waals surface area contributed by atoms with Crippen LogP contribution in [0.2, 0.25) is 5.02 Å². The molecule has 1 N–H and O–H groups in total. The standard InChI is InChI=1S/C20H25ClO/c21-19-15-10-16-20(22)18(19)14-9-4-2-1-3-6-11-17-12-7-5-8-13-17/h5,7-8,10,12-13,15-16,22H,1-4,6,9,11,14H2. The topological polar surface area (TPSA) is 20.2 Å². The number of aryl methyl sites for hydroxylation is 1. The highest BCUT2D eigenvalue weighted by molar-refractivity contribution is 6.31. The minimum absolute atomic E-state index is 0.329. The predicted molar refractivity (Wildman–Crippen MR) is 94.7 cm³/mol. The molecule has 0 bridgehead atoms. The predicted octanol–water partition coefficient (Wildman–Crippen LogP) is 6.17. The summed E-state index contributed by atoms with van der Waals surface area (Å²) in [6.45, 7) is 0. The summed E-state index contributed by atoms with van der Waals surface area (Å²) < 4.78 is 0. The Hall–Kier alpha value is -1.47. The molecule has 2 aromatic rings. The van der Waals surface area contributed by atoms with Crippen molar-refractivity contribution in [1.29, 1.82) is 0 Å². The van der Waals surface area contributed by atoms with E-state index >= 15 is 0 Å². The molecule has 0 radical (unpaired) electrons. The van der Waals surface area contributed by atoms with Crippen LogP contribution < -0.4 is 0 Å². The summed E-state index contributed by atoms with van der Waals surface area (Å²) in [5.74, 6) is 0.329. The molecule has 2 aromatic carbocycles. The minimum atomic E-state index is 0.329. The van der Waals surface area contributed by atoms with Gasteiger partial charge in [0.15, 0.2) is 0 Å². The number of aromatic hydroxyl groups is 1. The van der Waals surface area contributed by atoms with Crippen LogP contribution in [-0.2, 0) is 12.8 Å². The van der Waals surface area contributed by atoms with E-state index in [9.17, 15) is 5.11 Å². The van der Waals surface area contributed by atoms with Crippen molar-refractivity contribution in [3.05, 3.63) is 64.7 Å². The first-order valence-electron chi connectivity index (χ1n) is 8.27. The second kappa shape index (κ2) is 9.53. The first kappa shape index (κ1) is 16.9. The van der Waals surface area contributed by atoms with Gasteiger partial charge in [-0.05, 0) is 43.4 Å². The molecule has 0 fully saturated rings. The second-order valence-electron chi connectivity index (χ2n) is 5.84. The molecule has 0 saturated carbocycles. The van der Waals surface area contributed by atoms with E-state index in [4.69, 9.17) is 11.6 Å². The van der Waals surface area contributed by atoms with Crippen LogP contribution in [0, 0.1) is 0 Å². The van der Waals surface area contributed by atoms with Crippen molar-refractivity contribution in [1.82, 2.24) is 0 Å². The molecule has 0 amide bonds. The number of hydrogen-bond acceptors (Lipinski definition) is 1. The highest BCUT2D eigenvalue weighted by Crippen LogP contribution is 2.27. The van der Waals surface area contributed by atoms with Gasteiger partial charge in [0.05, 0.1) is 0 Å². The maximum Gasteiger partial charge on any atom is 0.120 e. The Labute approximate surface area is 139 Å². The lowest BCUT2D eigenvalue weighted by Crippen LogP contribution is -1.89. The van der Waals surface area contributed by atoms with E-state index in [0.29, 0.717) is 10.8 Å². The van der Waals surface area contributed by atoms with Crippen LogP contribution in [-0.4, -0.2) is 5.11 Å². The van der Waals surface area contributed by atoms with Crippen LogP contribution in [0.4, 0.5) is 0 Å². The quantitative estimate of drug-likeness (QED) is 0.548. The van der Waals surface area contributed by atoms with E-state index in [1.807, 2.05) is 6.07 Å². The number of unbranched alkanes of at least 4 members (excludes halogenated alkanes) is 5. The summed E-state index contributed by atoms with van der Waals surface area (Å²) in [6, 6.07) is 16.0. The molecule has 0 heterocycles. The van der Waals surface area contributed by atoms with Crippen LogP contribution >= 0.6 is 11.6 Å². The summed E-state index contributed by atoms with van der Waals surface area (Å²) >= 11 is 6.11. The van der Waals surface area contributed by atoms with Gasteiger partial charge in [-0.15, -0.1) is 0 Å². The fourth-order valence-corrected chi connectivity index (χ4v) is 3.04. The molecule has 0 aliphatic carbocycles. The monoisotopic (exact) mass is 316 g/mol. The lowest BCUT2D eigenvalue weighted by molar-refractivity contribution is 0.466. The zero-order chi connectivity index (χ0) is 15.6. The molecule has 1 nitrogen and oxygen atoms in total. The normalized spacial score (nSPS) is 10.8. The van der Waals surface area contributed by atoms with Gasteiger partial charge in [0.2, 0.25) is 0 Å². The lowest BCUT2D eigenvalue weighted by atomic mass is 10.0. The Morgan fingerprint density at radius 3 is 2.00 bits per heavy atom. The number of hydrogen-bond donors (Lipinski definition) is 1. The SMILES string of the molecule is Oc1cccc(Cl)c1CCCCCCCCc1ccccc1. The van der Waals surface area contributed by atoms with E-state index < -0.39 is 0 Å². The third kappa shape index (κ3) is 5.73. The van der Waals surface area contributed by atoms with Crippen molar-refractivity contribution in [2.45, 2.75) is 51.4 Å². The van der Waals surface area contributed by atoms with Gasteiger partial charge in [-0.25, -0.2) is 0 Å². The molecule has 2 rings (SSSR count). The number of phenols is 1. The Morgan fingerprint density at radius 1 is 0.682 bits per heavy atom. The molecule has 0 spiro atoms. The van der Waals surface area contributed by atoms with Gasteiger partial charge < -0.3 is 5.11 Å².